The number of rotatable bonds is 2. The fourth-order valence-electron chi connectivity index (χ4n) is 0.983. The number of para-hydroxylation sites is 1. The SMILES string of the molecule is N/C(=C\C(=O)c1ccccc1O)C(F)(F)F. The monoisotopic (exact) mass is 231 g/mol. The molecule has 0 spiro atoms. The van der Waals surface area contributed by atoms with E-state index in [0.29, 0.717) is 0 Å². The van der Waals surface area contributed by atoms with Crippen molar-refractivity contribution in [2.24, 2.45) is 5.73 Å². The van der Waals surface area contributed by atoms with Crippen molar-refractivity contribution in [3.05, 3.63) is 41.6 Å². The van der Waals surface area contributed by atoms with Gasteiger partial charge in [0.15, 0.2) is 5.78 Å². The topological polar surface area (TPSA) is 63.3 Å². The molecule has 86 valence electrons. The van der Waals surface area contributed by atoms with Gasteiger partial charge in [0.1, 0.15) is 11.4 Å². The summed E-state index contributed by atoms with van der Waals surface area (Å²) in [5.41, 5.74) is 2.95. The number of alkyl halides is 3. The second-order valence-corrected chi connectivity index (χ2v) is 2.98. The molecule has 0 unspecified atom stereocenters. The van der Waals surface area contributed by atoms with Crippen molar-refractivity contribution in [2.45, 2.75) is 6.18 Å². The molecule has 0 bridgehead atoms. The van der Waals surface area contributed by atoms with E-state index in [4.69, 9.17) is 0 Å². The lowest BCUT2D eigenvalue weighted by Crippen LogP contribution is -2.20. The van der Waals surface area contributed by atoms with Gasteiger partial charge in [0.05, 0.1) is 5.56 Å². The highest BCUT2D eigenvalue weighted by Gasteiger charge is 2.32. The summed E-state index contributed by atoms with van der Waals surface area (Å²) in [5.74, 6) is -1.38. The van der Waals surface area contributed by atoms with Crippen LogP contribution in [0.15, 0.2) is 36.0 Å². The van der Waals surface area contributed by atoms with Crippen LogP contribution in [0.3, 0.4) is 0 Å². The van der Waals surface area contributed by atoms with Crippen LogP contribution < -0.4 is 5.73 Å². The first-order valence-corrected chi connectivity index (χ1v) is 4.19. The Hall–Kier alpha value is -1.98. The largest absolute Gasteiger partial charge is 0.507 e. The number of aromatic hydroxyl groups is 1. The Kier molecular flexibility index (Phi) is 3.22. The van der Waals surface area contributed by atoms with E-state index in [1.54, 1.807) is 0 Å². The minimum absolute atomic E-state index is 0.227. The third-order valence-electron chi connectivity index (χ3n) is 1.78. The number of hydrogen-bond donors (Lipinski definition) is 2. The summed E-state index contributed by atoms with van der Waals surface area (Å²) >= 11 is 0. The van der Waals surface area contributed by atoms with Gasteiger partial charge >= 0.3 is 6.18 Å². The maximum atomic E-state index is 12.0. The maximum Gasteiger partial charge on any atom is 0.430 e. The Morgan fingerprint density at radius 3 is 2.38 bits per heavy atom. The van der Waals surface area contributed by atoms with Crippen LogP contribution in [-0.4, -0.2) is 17.1 Å². The van der Waals surface area contributed by atoms with Crippen LogP contribution >= 0.6 is 0 Å². The molecule has 0 amide bonds. The standard InChI is InChI=1S/C10H8F3NO2/c11-10(12,13)9(14)5-8(16)6-3-1-2-4-7(6)15/h1-5,15H,14H2/b9-5-. The Bertz CT molecular complexity index is 438. The average Bonchev–Trinajstić information content (AvgIpc) is 2.16. The third-order valence-corrected chi connectivity index (χ3v) is 1.78. The van der Waals surface area contributed by atoms with Crippen LogP contribution in [0, 0.1) is 0 Å². The predicted octanol–water partition coefficient (Wildman–Crippen LogP) is 1.98. The van der Waals surface area contributed by atoms with E-state index >= 15 is 0 Å². The minimum atomic E-state index is -4.75. The van der Waals surface area contributed by atoms with Gasteiger partial charge in [0, 0.05) is 6.08 Å². The Morgan fingerprint density at radius 1 is 1.31 bits per heavy atom. The molecule has 1 aromatic carbocycles. The number of carbonyl (C=O) groups excluding carboxylic acids is 1. The van der Waals surface area contributed by atoms with Crippen molar-refractivity contribution in [1.29, 1.82) is 0 Å². The zero-order valence-electron chi connectivity index (χ0n) is 7.95. The average molecular weight is 231 g/mol. The molecule has 0 saturated heterocycles. The van der Waals surface area contributed by atoms with Crippen LogP contribution in [0.2, 0.25) is 0 Å². The molecule has 1 rings (SSSR count). The summed E-state index contributed by atoms with van der Waals surface area (Å²) < 4.78 is 36.1. The van der Waals surface area contributed by atoms with E-state index in [1.165, 1.54) is 24.3 Å². The summed E-state index contributed by atoms with van der Waals surface area (Å²) in [4.78, 5) is 11.3. The Labute approximate surface area is 89.0 Å². The number of carbonyl (C=O) groups is 1. The lowest BCUT2D eigenvalue weighted by atomic mass is 10.1. The lowest BCUT2D eigenvalue weighted by molar-refractivity contribution is -0.0927. The number of benzene rings is 1. The zero-order valence-corrected chi connectivity index (χ0v) is 7.95. The van der Waals surface area contributed by atoms with Crippen LogP contribution in [0.1, 0.15) is 10.4 Å². The predicted molar refractivity (Wildman–Crippen MR) is 50.8 cm³/mol. The fourth-order valence-corrected chi connectivity index (χ4v) is 0.983. The van der Waals surface area contributed by atoms with Gasteiger partial charge in [0.25, 0.3) is 0 Å². The van der Waals surface area contributed by atoms with Crippen molar-refractivity contribution in [3.8, 4) is 5.75 Å². The number of ketones is 1. The number of allylic oxidation sites excluding steroid dienone is 2. The van der Waals surface area contributed by atoms with E-state index in [1.807, 2.05) is 0 Å². The molecule has 0 aliphatic heterocycles. The summed E-state index contributed by atoms with van der Waals surface area (Å²) in [7, 11) is 0. The van der Waals surface area contributed by atoms with E-state index < -0.39 is 23.4 Å². The van der Waals surface area contributed by atoms with Crippen LogP contribution in [0.5, 0.6) is 5.75 Å². The number of halogens is 3. The molecule has 3 nitrogen and oxygen atoms in total. The van der Waals surface area contributed by atoms with E-state index in [9.17, 15) is 23.1 Å². The molecule has 0 atom stereocenters. The molecular formula is C10H8F3NO2. The molecule has 3 N–H and O–H groups in total. The number of nitrogens with two attached hydrogens (primary N) is 1. The van der Waals surface area contributed by atoms with Crippen molar-refractivity contribution in [2.75, 3.05) is 0 Å². The number of phenolic OH excluding ortho intramolecular Hbond substituents is 1. The molecular weight excluding hydrogens is 223 g/mol. The molecule has 16 heavy (non-hydrogen) atoms. The molecule has 1 aromatic rings. The van der Waals surface area contributed by atoms with Crippen molar-refractivity contribution in [3.63, 3.8) is 0 Å². The highest BCUT2D eigenvalue weighted by atomic mass is 19.4. The van der Waals surface area contributed by atoms with Gasteiger partial charge in [0.2, 0.25) is 0 Å². The van der Waals surface area contributed by atoms with E-state index in [2.05, 4.69) is 5.73 Å². The maximum absolute atomic E-state index is 12.0. The summed E-state index contributed by atoms with van der Waals surface area (Å²) in [6, 6.07) is 5.27. The van der Waals surface area contributed by atoms with Gasteiger partial charge in [-0.3, -0.25) is 4.79 Å². The summed E-state index contributed by atoms with van der Waals surface area (Å²) in [6.45, 7) is 0. The normalized spacial score (nSPS) is 12.6. The zero-order chi connectivity index (χ0) is 12.3. The molecule has 0 saturated carbocycles. The van der Waals surface area contributed by atoms with Crippen molar-refractivity contribution < 1.29 is 23.1 Å². The second kappa shape index (κ2) is 4.26. The third kappa shape index (κ3) is 2.75. The number of phenols is 1. The Balaban J connectivity index is 3.02. The lowest BCUT2D eigenvalue weighted by Gasteiger charge is -2.06. The fraction of sp³-hybridized carbons (Fsp3) is 0.100. The first-order chi connectivity index (χ1) is 7.32. The number of hydrogen-bond acceptors (Lipinski definition) is 3. The highest BCUT2D eigenvalue weighted by Crippen LogP contribution is 2.23. The van der Waals surface area contributed by atoms with Crippen LogP contribution in [0.25, 0.3) is 0 Å². The molecule has 0 aromatic heterocycles. The molecule has 0 fully saturated rings. The van der Waals surface area contributed by atoms with Crippen LogP contribution in [0.4, 0.5) is 13.2 Å². The quantitative estimate of drug-likeness (QED) is 0.604. The second-order valence-electron chi connectivity index (χ2n) is 2.98. The first kappa shape index (κ1) is 12.1. The highest BCUT2D eigenvalue weighted by molar-refractivity contribution is 6.06. The molecule has 6 heteroatoms. The van der Waals surface area contributed by atoms with Crippen molar-refractivity contribution in [1.82, 2.24) is 0 Å². The molecule has 0 heterocycles. The van der Waals surface area contributed by atoms with Gasteiger partial charge < -0.3 is 10.8 Å². The first-order valence-electron chi connectivity index (χ1n) is 4.19. The minimum Gasteiger partial charge on any atom is -0.507 e. The van der Waals surface area contributed by atoms with Gasteiger partial charge in [-0.05, 0) is 12.1 Å². The van der Waals surface area contributed by atoms with E-state index in [0.717, 1.165) is 0 Å². The molecule has 0 aliphatic carbocycles. The molecule has 0 aliphatic rings. The van der Waals surface area contributed by atoms with Gasteiger partial charge in [-0.1, -0.05) is 12.1 Å². The molecule has 0 radical (unpaired) electrons. The summed E-state index contributed by atoms with van der Waals surface area (Å²) in [5, 5.41) is 9.22. The smallest absolute Gasteiger partial charge is 0.430 e. The van der Waals surface area contributed by atoms with Gasteiger partial charge in [-0.15, -0.1) is 0 Å². The Morgan fingerprint density at radius 2 is 1.88 bits per heavy atom. The van der Waals surface area contributed by atoms with Crippen LogP contribution in [-0.2, 0) is 0 Å². The summed E-state index contributed by atoms with van der Waals surface area (Å²) in [6.07, 6.45) is -4.50. The van der Waals surface area contributed by atoms with Crippen molar-refractivity contribution >= 4 is 5.78 Å². The van der Waals surface area contributed by atoms with Gasteiger partial charge in [-0.25, -0.2) is 0 Å². The van der Waals surface area contributed by atoms with Gasteiger partial charge in [-0.2, -0.15) is 13.2 Å². The van der Waals surface area contributed by atoms with E-state index in [-0.39, 0.29) is 11.6 Å².